The van der Waals surface area contributed by atoms with Gasteiger partial charge in [-0.3, -0.25) is 4.79 Å². The first-order chi connectivity index (χ1) is 9.11. The van der Waals surface area contributed by atoms with Crippen LogP contribution in [0.5, 0.6) is 0 Å². The van der Waals surface area contributed by atoms with Crippen molar-refractivity contribution in [2.75, 3.05) is 6.54 Å². The lowest BCUT2D eigenvalue weighted by Gasteiger charge is -2.10. The van der Waals surface area contributed by atoms with Crippen molar-refractivity contribution in [3.05, 3.63) is 39.4 Å². The average molecular weight is 281 g/mol. The quantitative estimate of drug-likeness (QED) is 0.823. The molecule has 0 aliphatic carbocycles. The molecule has 0 radical (unpaired) electrons. The van der Waals surface area contributed by atoms with Gasteiger partial charge in [0.25, 0.3) is 5.56 Å². The standard InChI is InChI=1S/C14H18ClN3O/c1-3-4-7-16-9(2)13-17-12-8-10(15)5-6-11(12)14(19)18-13/h5-6,8-9,16H,3-4,7H2,1-2H3,(H,17,18,19)/p+1/t9-/m1/s1. The Bertz CT molecular complexity index is 624. The number of nitrogens with zero attached hydrogens (tertiary/aromatic N) is 1. The number of benzene rings is 1. The molecular weight excluding hydrogens is 262 g/mol. The number of unbranched alkanes of at least 4 members (excludes halogenated alkanes) is 1. The molecule has 0 fully saturated rings. The molecule has 5 heteroatoms. The van der Waals surface area contributed by atoms with Crippen LogP contribution in [-0.4, -0.2) is 16.5 Å². The van der Waals surface area contributed by atoms with Gasteiger partial charge in [-0.25, -0.2) is 4.98 Å². The second-order valence-corrected chi connectivity index (χ2v) is 5.22. The van der Waals surface area contributed by atoms with Gasteiger partial charge in [-0.05, 0) is 31.5 Å². The van der Waals surface area contributed by atoms with Crippen LogP contribution in [0.15, 0.2) is 23.0 Å². The zero-order chi connectivity index (χ0) is 13.8. The number of hydrogen-bond acceptors (Lipinski definition) is 2. The minimum atomic E-state index is -0.104. The van der Waals surface area contributed by atoms with Gasteiger partial charge in [0.1, 0.15) is 6.04 Å². The van der Waals surface area contributed by atoms with Gasteiger partial charge in [-0.1, -0.05) is 24.9 Å². The molecule has 0 aliphatic heterocycles. The maximum absolute atomic E-state index is 12.0. The summed E-state index contributed by atoms with van der Waals surface area (Å²) < 4.78 is 0. The number of rotatable bonds is 5. The zero-order valence-corrected chi connectivity index (χ0v) is 12.0. The molecule has 1 heterocycles. The largest absolute Gasteiger partial charge is 0.338 e. The molecule has 0 saturated carbocycles. The lowest BCUT2D eigenvalue weighted by atomic mass is 10.2. The Balaban J connectivity index is 2.31. The topological polar surface area (TPSA) is 62.4 Å². The van der Waals surface area contributed by atoms with E-state index < -0.39 is 0 Å². The Morgan fingerprint density at radius 1 is 1.47 bits per heavy atom. The fourth-order valence-corrected chi connectivity index (χ4v) is 2.20. The van der Waals surface area contributed by atoms with E-state index in [1.807, 2.05) is 6.92 Å². The molecule has 0 aliphatic rings. The summed E-state index contributed by atoms with van der Waals surface area (Å²) in [5.41, 5.74) is 0.550. The molecule has 1 atom stereocenters. The zero-order valence-electron chi connectivity index (χ0n) is 11.2. The van der Waals surface area contributed by atoms with Crippen LogP contribution in [0.25, 0.3) is 10.9 Å². The third kappa shape index (κ3) is 3.33. The average Bonchev–Trinajstić information content (AvgIpc) is 2.38. The van der Waals surface area contributed by atoms with Gasteiger partial charge in [0.05, 0.1) is 17.4 Å². The molecule has 2 rings (SSSR count). The molecule has 2 aromatic rings. The minimum absolute atomic E-state index is 0.104. The number of hydrogen-bond donors (Lipinski definition) is 2. The number of aromatic nitrogens is 2. The van der Waals surface area contributed by atoms with Crippen molar-refractivity contribution in [1.82, 2.24) is 9.97 Å². The van der Waals surface area contributed by atoms with Crippen molar-refractivity contribution in [3.8, 4) is 0 Å². The monoisotopic (exact) mass is 280 g/mol. The van der Waals surface area contributed by atoms with Crippen LogP contribution in [0.2, 0.25) is 5.02 Å². The van der Waals surface area contributed by atoms with E-state index >= 15 is 0 Å². The molecule has 1 aromatic heterocycles. The maximum Gasteiger partial charge on any atom is 0.258 e. The second kappa shape index (κ2) is 6.17. The first-order valence-electron chi connectivity index (χ1n) is 6.64. The molecule has 0 unspecified atom stereocenters. The van der Waals surface area contributed by atoms with E-state index in [-0.39, 0.29) is 11.6 Å². The number of halogens is 1. The predicted molar refractivity (Wildman–Crippen MR) is 77.5 cm³/mol. The third-order valence-corrected chi connectivity index (χ3v) is 3.43. The molecule has 0 amide bonds. The second-order valence-electron chi connectivity index (χ2n) is 4.78. The number of nitrogens with two attached hydrogens (primary N) is 1. The van der Waals surface area contributed by atoms with E-state index in [0.717, 1.165) is 13.0 Å². The number of H-pyrrole nitrogens is 1. The Morgan fingerprint density at radius 3 is 3.00 bits per heavy atom. The molecule has 0 saturated heterocycles. The number of quaternary nitrogens is 1. The Morgan fingerprint density at radius 2 is 2.26 bits per heavy atom. The predicted octanol–water partition coefficient (Wildman–Crippen LogP) is 2.00. The maximum atomic E-state index is 12.0. The van der Waals surface area contributed by atoms with Crippen LogP contribution >= 0.6 is 11.6 Å². The first kappa shape index (κ1) is 14.0. The number of aromatic amines is 1. The SMILES string of the molecule is CCCC[NH2+][C@H](C)c1nc2cc(Cl)ccc2c(=O)[nH]1. The summed E-state index contributed by atoms with van der Waals surface area (Å²) in [5.74, 6) is 0.705. The molecular formula is C14H19ClN3O+. The van der Waals surface area contributed by atoms with Gasteiger partial charge in [0.15, 0.2) is 5.82 Å². The van der Waals surface area contributed by atoms with E-state index in [1.165, 1.54) is 6.42 Å². The highest BCUT2D eigenvalue weighted by molar-refractivity contribution is 6.31. The van der Waals surface area contributed by atoms with Gasteiger partial charge in [0.2, 0.25) is 0 Å². The van der Waals surface area contributed by atoms with Crippen LogP contribution in [-0.2, 0) is 0 Å². The van der Waals surface area contributed by atoms with Crippen LogP contribution < -0.4 is 10.9 Å². The number of nitrogens with one attached hydrogen (secondary N) is 1. The minimum Gasteiger partial charge on any atom is -0.338 e. The molecule has 0 spiro atoms. The van der Waals surface area contributed by atoms with Gasteiger partial charge < -0.3 is 10.3 Å². The van der Waals surface area contributed by atoms with Gasteiger partial charge >= 0.3 is 0 Å². The van der Waals surface area contributed by atoms with Crippen LogP contribution in [0, 0.1) is 0 Å². The highest BCUT2D eigenvalue weighted by Crippen LogP contribution is 2.15. The Labute approximate surface area is 117 Å². The Hall–Kier alpha value is -1.39. The third-order valence-electron chi connectivity index (χ3n) is 3.20. The summed E-state index contributed by atoms with van der Waals surface area (Å²) in [6.07, 6.45) is 2.33. The number of fused-ring (bicyclic) bond motifs is 1. The smallest absolute Gasteiger partial charge is 0.258 e. The molecule has 19 heavy (non-hydrogen) atoms. The normalized spacial score (nSPS) is 12.8. The summed E-state index contributed by atoms with van der Waals surface area (Å²) in [6, 6.07) is 5.28. The van der Waals surface area contributed by atoms with Crippen molar-refractivity contribution < 1.29 is 5.32 Å². The van der Waals surface area contributed by atoms with E-state index in [2.05, 4.69) is 22.2 Å². The fraction of sp³-hybridized carbons (Fsp3) is 0.429. The first-order valence-corrected chi connectivity index (χ1v) is 7.02. The summed E-state index contributed by atoms with van der Waals surface area (Å²) >= 11 is 5.95. The van der Waals surface area contributed by atoms with Crippen molar-refractivity contribution in [2.45, 2.75) is 32.7 Å². The van der Waals surface area contributed by atoms with Crippen molar-refractivity contribution in [3.63, 3.8) is 0 Å². The van der Waals surface area contributed by atoms with Crippen LogP contribution in [0.1, 0.15) is 38.6 Å². The van der Waals surface area contributed by atoms with Crippen molar-refractivity contribution in [2.24, 2.45) is 0 Å². The van der Waals surface area contributed by atoms with E-state index in [9.17, 15) is 4.79 Å². The van der Waals surface area contributed by atoms with E-state index in [1.54, 1.807) is 18.2 Å². The van der Waals surface area contributed by atoms with Gasteiger partial charge in [-0.15, -0.1) is 0 Å². The highest BCUT2D eigenvalue weighted by atomic mass is 35.5. The summed E-state index contributed by atoms with van der Waals surface area (Å²) in [4.78, 5) is 19.4. The fourth-order valence-electron chi connectivity index (χ4n) is 2.03. The van der Waals surface area contributed by atoms with Gasteiger partial charge in [0, 0.05) is 5.02 Å². The lowest BCUT2D eigenvalue weighted by molar-refractivity contribution is -0.694. The van der Waals surface area contributed by atoms with Crippen molar-refractivity contribution >= 4 is 22.5 Å². The van der Waals surface area contributed by atoms with E-state index in [4.69, 9.17) is 11.6 Å². The summed E-state index contributed by atoms with van der Waals surface area (Å²) in [7, 11) is 0. The Kier molecular flexibility index (Phi) is 4.56. The molecule has 102 valence electrons. The molecule has 1 aromatic carbocycles. The van der Waals surface area contributed by atoms with Crippen molar-refractivity contribution in [1.29, 1.82) is 0 Å². The molecule has 4 nitrogen and oxygen atoms in total. The highest BCUT2D eigenvalue weighted by Gasteiger charge is 2.13. The molecule has 0 bridgehead atoms. The summed E-state index contributed by atoms with van der Waals surface area (Å²) in [5, 5.41) is 3.37. The van der Waals surface area contributed by atoms with Crippen LogP contribution in [0.4, 0.5) is 0 Å². The molecule has 3 N–H and O–H groups in total. The van der Waals surface area contributed by atoms with Crippen LogP contribution in [0.3, 0.4) is 0 Å². The summed E-state index contributed by atoms with van der Waals surface area (Å²) in [6.45, 7) is 5.25. The van der Waals surface area contributed by atoms with Gasteiger partial charge in [-0.2, -0.15) is 0 Å². The lowest BCUT2D eigenvalue weighted by Crippen LogP contribution is -2.84. The van der Waals surface area contributed by atoms with E-state index in [0.29, 0.717) is 21.7 Å².